The van der Waals surface area contributed by atoms with Crippen LogP contribution >= 0.6 is 0 Å². The van der Waals surface area contributed by atoms with Crippen LogP contribution in [0.15, 0.2) is 24.4 Å². The highest BCUT2D eigenvalue weighted by Gasteiger charge is 1.96. The molecule has 0 aromatic carbocycles. The van der Waals surface area contributed by atoms with Gasteiger partial charge in [0.2, 0.25) is 5.91 Å². The van der Waals surface area contributed by atoms with Crippen LogP contribution in [0, 0.1) is 6.42 Å². The minimum Gasteiger partial charge on any atom is -0.370 e. The molecule has 12 heavy (non-hydrogen) atoms. The van der Waals surface area contributed by atoms with Crippen molar-refractivity contribution in [2.45, 2.75) is 12.8 Å². The van der Waals surface area contributed by atoms with Gasteiger partial charge in [-0.15, -0.1) is 0 Å². The van der Waals surface area contributed by atoms with Gasteiger partial charge in [0.15, 0.2) is 0 Å². The van der Waals surface area contributed by atoms with Gasteiger partial charge >= 0.3 is 0 Å². The molecule has 0 saturated heterocycles. The maximum Gasteiger partial charge on any atom is 0.217 e. The normalized spacial score (nSPS) is 9.67. The number of hydrogen-bond acceptors (Lipinski definition) is 2. The number of nitrogens with two attached hydrogens (primary N) is 1. The van der Waals surface area contributed by atoms with Crippen molar-refractivity contribution >= 4 is 5.91 Å². The van der Waals surface area contributed by atoms with Gasteiger partial charge in [0.05, 0.1) is 0 Å². The number of hydrogen-bond donors (Lipinski definition) is 1. The molecule has 1 rings (SSSR count). The molecule has 0 unspecified atom stereocenters. The summed E-state index contributed by atoms with van der Waals surface area (Å²) in [6, 6.07) is 5.65. The van der Waals surface area contributed by atoms with Gasteiger partial charge in [-0.3, -0.25) is 9.78 Å². The SMILES string of the molecule is NC(=O)CC[CH]c1ccccn1. The Morgan fingerprint density at radius 1 is 1.58 bits per heavy atom. The average molecular weight is 163 g/mol. The predicted octanol–water partition coefficient (Wildman–Crippen LogP) is 0.899. The maximum absolute atomic E-state index is 10.4. The number of carbonyl (C=O) groups is 1. The second-order valence-corrected chi connectivity index (χ2v) is 2.46. The summed E-state index contributed by atoms with van der Waals surface area (Å²) < 4.78 is 0. The van der Waals surface area contributed by atoms with Gasteiger partial charge in [0.1, 0.15) is 0 Å². The lowest BCUT2D eigenvalue weighted by Crippen LogP contribution is -2.09. The van der Waals surface area contributed by atoms with Crippen molar-refractivity contribution in [3.63, 3.8) is 0 Å². The maximum atomic E-state index is 10.4. The Morgan fingerprint density at radius 2 is 2.42 bits per heavy atom. The van der Waals surface area contributed by atoms with Gasteiger partial charge < -0.3 is 5.73 Å². The van der Waals surface area contributed by atoms with E-state index in [2.05, 4.69) is 4.98 Å². The monoisotopic (exact) mass is 163 g/mol. The summed E-state index contributed by atoms with van der Waals surface area (Å²) in [4.78, 5) is 14.4. The predicted molar refractivity (Wildman–Crippen MR) is 46.1 cm³/mol. The standard InChI is InChI=1S/C9H11N2O/c10-9(12)6-3-5-8-4-1-2-7-11-8/h1-2,4-5,7H,3,6H2,(H2,10,12). The zero-order chi connectivity index (χ0) is 8.81. The number of pyridine rings is 1. The molecule has 2 N–H and O–H groups in total. The molecule has 3 heteroatoms. The van der Waals surface area contributed by atoms with Gasteiger partial charge in [-0.1, -0.05) is 6.07 Å². The first kappa shape index (κ1) is 8.71. The van der Waals surface area contributed by atoms with Crippen molar-refractivity contribution in [1.29, 1.82) is 0 Å². The lowest BCUT2D eigenvalue weighted by molar-refractivity contribution is -0.117. The minimum absolute atomic E-state index is 0.276. The van der Waals surface area contributed by atoms with Gasteiger partial charge in [0, 0.05) is 24.7 Å². The Kier molecular flexibility index (Phi) is 3.26. The third kappa shape index (κ3) is 3.14. The van der Waals surface area contributed by atoms with Crippen molar-refractivity contribution in [3.8, 4) is 0 Å². The van der Waals surface area contributed by atoms with E-state index >= 15 is 0 Å². The summed E-state index contributed by atoms with van der Waals surface area (Å²) in [5.74, 6) is -0.276. The van der Waals surface area contributed by atoms with Crippen LogP contribution < -0.4 is 5.73 Å². The molecular formula is C9H11N2O. The number of rotatable bonds is 4. The first-order chi connectivity index (χ1) is 5.79. The number of carbonyl (C=O) groups excluding carboxylic acids is 1. The van der Waals surface area contributed by atoms with Crippen molar-refractivity contribution in [2.75, 3.05) is 0 Å². The summed E-state index contributed by atoms with van der Waals surface area (Å²) in [7, 11) is 0. The van der Waals surface area contributed by atoms with E-state index in [-0.39, 0.29) is 5.91 Å². The Balaban J connectivity index is 2.29. The molecule has 0 bridgehead atoms. The summed E-state index contributed by atoms with van der Waals surface area (Å²) in [5, 5.41) is 0. The molecule has 0 aliphatic carbocycles. The van der Waals surface area contributed by atoms with Crippen LogP contribution in [0.1, 0.15) is 18.5 Å². The minimum atomic E-state index is -0.276. The number of aromatic nitrogens is 1. The highest BCUT2D eigenvalue weighted by molar-refractivity contribution is 5.73. The number of amides is 1. The van der Waals surface area contributed by atoms with E-state index in [1.165, 1.54) is 0 Å². The largest absolute Gasteiger partial charge is 0.370 e. The Labute approximate surface area is 71.6 Å². The summed E-state index contributed by atoms with van der Waals surface area (Å²) in [5.41, 5.74) is 5.86. The molecule has 3 nitrogen and oxygen atoms in total. The third-order valence-corrected chi connectivity index (χ3v) is 1.43. The average Bonchev–Trinajstić information content (AvgIpc) is 2.05. The molecule has 0 saturated carbocycles. The summed E-state index contributed by atoms with van der Waals surface area (Å²) in [6.07, 6.45) is 4.66. The van der Waals surface area contributed by atoms with Crippen molar-refractivity contribution in [3.05, 3.63) is 36.5 Å². The molecule has 63 valence electrons. The Bertz CT molecular complexity index is 246. The van der Waals surface area contributed by atoms with Crippen LogP contribution in [0.25, 0.3) is 0 Å². The van der Waals surface area contributed by atoms with Crippen LogP contribution in [0.4, 0.5) is 0 Å². The van der Waals surface area contributed by atoms with E-state index in [4.69, 9.17) is 5.73 Å². The molecule has 0 aliphatic rings. The molecular weight excluding hydrogens is 152 g/mol. The fraction of sp³-hybridized carbons (Fsp3) is 0.222. The molecule has 1 aromatic heterocycles. The topological polar surface area (TPSA) is 56.0 Å². The van der Waals surface area contributed by atoms with E-state index in [0.717, 1.165) is 5.69 Å². The fourth-order valence-electron chi connectivity index (χ4n) is 0.859. The van der Waals surface area contributed by atoms with Gasteiger partial charge in [0.25, 0.3) is 0 Å². The summed E-state index contributed by atoms with van der Waals surface area (Å²) >= 11 is 0. The Hall–Kier alpha value is -1.38. The first-order valence-electron chi connectivity index (χ1n) is 3.81. The molecule has 1 aromatic rings. The Morgan fingerprint density at radius 3 is 3.00 bits per heavy atom. The van der Waals surface area contributed by atoms with Crippen LogP contribution in [-0.2, 0) is 4.79 Å². The smallest absolute Gasteiger partial charge is 0.217 e. The van der Waals surface area contributed by atoms with Crippen molar-refractivity contribution in [2.24, 2.45) is 5.73 Å². The molecule has 0 spiro atoms. The van der Waals surface area contributed by atoms with Crippen LogP contribution in [0.5, 0.6) is 0 Å². The van der Waals surface area contributed by atoms with Crippen molar-refractivity contribution in [1.82, 2.24) is 4.98 Å². The number of nitrogens with zero attached hydrogens (tertiary/aromatic N) is 1. The second kappa shape index (κ2) is 4.49. The molecule has 1 heterocycles. The van der Waals surface area contributed by atoms with E-state index in [1.807, 2.05) is 24.6 Å². The van der Waals surface area contributed by atoms with Gasteiger partial charge in [-0.05, 0) is 18.6 Å². The van der Waals surface area contributed by atoms with E-state index < -0.39 is 0 Å². The summed E-state index contributed by atoms with van der Waals surface area (Å²) in [6.45, 7) is 0. The molecule has 0 atom stereocenters. The van der Waals surface area contributed by atoms with E-state index in [0.29, 0.717) is 12.8 Å². The molecule has 1 radical (unpaired) electrons. The van der Waals surface area contributed by atoms with E-state index in [9.17, 15) is 4.79 Å². The lowest BCUT2D eigenvalue weighted by atomic mass is 10.2. The lowest BCUT2D eigenvalue weighted by Gasteiger charge is -1.96. The highest BCUT2D eigenvalue weighted by Crippen LogP contribution is 2.02. The third-order valence-electron chi connectivity index (χ3n) is 1.43. The second-order valence-electron chi connectivity index (χ2n) is 2.46. The van der Waals surface area contributed by atoms with E-state index in [1.54, 1.807) is 6.20 Å². The van der Waals surface area contributed by atoms with Gasteiger partial charge in [-0.2, -0.15) is 0 Å². The van der Waals surface area contributed by atoms with Gasteiger partial charge in [-0.25, -0.2) is 0 Å². The quantitative estimate of drug-likeness (QED) is 0.716. The highest BCUT2D eigenvalue weighted by atomic mass is 16.1. The van der Waals surface area contributed by atoms with Crippen LogP contribution in [0.2, 0.25) is 0 Å². The molecule has 0 aliphatic heterocycles. The van der Waals surface area contributed by atoms with Crippen molar-refractivity contribution < 1.29 is 4.79 Å². The fourth-order valence-corrected chi connectivity index (χ4v) is 0.859. The molecule has 0 fully saturated rings. The zero-order valence-corrected chi connectivity index (χ0v) is 6.73. The first-order valence-corrected chi connectivity index (χ1v) is 3.81. The van der Waals surface area contributed by atoms with Crippen LogP contribution in [-0.4, -0.2) is 10.9 Å². The number of primary amides is 1. The zero-order valence-electron chi connectivity index (χ0n) is 6.73. The molecule has 1 amide bonds. The van der Waals surface area contributed by atoms with Crippen LogP contribution in [0.3, 0.4) is 0 Å².